The Morgan fingerprint density at radius 3 is 2.68 bits per heavy atom. The van der Waals surface area contributed by atoms with Crippen LogP contribution >= 0.6 is 11.6 Å². The van der Waals surface area contributed by atoms with Crippen molar-refractivity contribution in [3.63, 3.8) is 0 Å². The highest BCUT2D eigenvalue weighted by molar-refractivity contribution is 6.31. The SMILES string of the molecule is N[C@H](CCc1c[nH]c2ccccc12)[C@H](O)C(=O)N(N)C(=O)c1cccc(Cl)c1. The first-order chi connectivity index (χ1) is 13.4. The number of rotatable bonds is 6. The third-order valence-corrected chi connectivity index (χ3v) is 4.84. The smallest absolute Gasteiger partial charge is 0.274 e. The number of carbonyl (C=O) groups is 2. The molecular formula is C20H21ClN4O3. The van der Waals surface area contributed by atoms with Crippen molar-refractivity contribution >= 4 is 34.3 Å². The van der Waals surface area contributed by atoms with Crippen LogP contribution in [0.2, 0.25) is 5.02 Å². The lowest BCUT2D eigenvalue weighted by molar-refractivity contribution is -0.138. The summed E-state index contributed by atoms with van der Waals surface area (Å²) < 4.78 is 0. The molecule has 1 heterocycles. The summed E-state index contributed by atoms with van der Waals surface area (Å²) in [6.45, 7) is 0. The number of fused-ring (bicyclic) bond motifs is 1. The van der Waals surface area contributed by atoms with Gasteiger partial charge in [0.1, 0.15) is 6.10 Å². The predicted molar refractivity (Wildman–Crippen MR) is 107 cm³/mol. The van der Waals surface area contributed by atoms with Gasteiger partial charge in [0.25, 0.3) is 11.8 Å². The normalized spacial score (nSPS) is 13.3. The summed E-state index contributed by atoms with van der Waals surface area (Å²) in [4.78, 5) is 27.9. The molecule has 28 heavy (non-hydrogen) atoms. The quantitative estimate of drug-likeness (QED) is 0.286. The summed E-state index contributed by atoms with van der Waals surface area (Å²) in [6.07, 6.45) is 1.18. The summed E-state index contributed by atoms with van der Waals surface area (Å²) in [5.74, 6) is 3.89. The number of nitrogens with two attached hydrogens (primary N) is 2. The Kier molecular flexibility index (Phi) is 6.11. The molecule has 2 aromatic carbocycles. The van der Waals surface area contributed by atoms with Crippen LogP contribution in [0, 0.1) is 0 Å². The molecule has 0 aliphatic heterocycles. The van der Waals surface area contributed by atoms with Crippen LogP contribution in [-0.4, -0.2) is 39.1 Å². The second-order valence-electron chi connectivity index (χ2n) is 6.53. The fraction of sp³-hybridized carbons (Fsp3) is 0.200. The molecule has 0 saturated heterocycles. The van der Waals surface area contributed by atoms with Gasteiger partial charge >= 0.3 is 0 Å². The highest BCUT2D eigenvalue weighted by atomic mass is 35.5. The Morgan fingerprint density at radius 1 is 1.18 bits per heavy atom. The number of aromatic amines is 1. The van der Waals surface area contributed by atoms with Gasteiger partial charge in [-0.15, -0.1) is 0 Å². The van der Waals surface area contributed by atoms with Crippen molar-refractivity contribution in [2.75, 3.05) is 0 Å². The van der Waals surface area contributed by atoms with E-state index in [0.29, 0.717) is 22.9 Å². The highest BCUT2D eigenvalue weighted by Gasteiger charge is 2.30. The van der Waals surface area contributed by atoms with Crippen LogP contribution in [0.4, 0.5) is 0 Å². The number of amides is 2. The van der Waals surface area contributed by atoms with Crippen LogP contribution in [0.15, 0.2) is 54.7 Å². The number of hydrogen-bond acceptors (Lipinski definition) is 5. The third kappa shape index (κ3) is 4.23. The largest absolute Gasteiger partial charge is 0.382 e. The molecule has 2 atom stereocenters. The highest BCUT2D eigenvalue weighted by Crippen LogP contribution is 2.20. The maximum Gasteiger partial charge on any atom is 0.274 e. The first kappa shape index (κ1) is 20.0. The summed E-state index contributed by atoms with van der Waals surface area (Å²) in [7, 11) is 0. The zero-order valence-corrected chi connectivity index (χ0v) is 15.8. The molecule has 1 aromatic heterocycles. The first-order valence-electron chi connectivity index (χ1n) is 8.75. The van der Waals surface area contributed by atoms with Gasteiger partial charge in [0.15, 0.2) is 0 Å². The molecule has 8 heteroatoms. The summed E-state index contributed by atoms with van der Waals surface area (Å²) in [6, 6.07) is 13.0. The Morgan fingerprint density at radius 2 is 1.93 bits per heavy atom. The lowest BCUT2D eigenvalue weighted by atomic mass is 10.0. The molecule has 7 nitrogen and oxygen atoms in total. The van der Waals surface area contributed by atoms with Crippen molar-refractivity contribution < 1.29 is 14.7 Å². The number of aliphatic hydroxyl groups excluding tert-OH is 1. The number of halogens is 1. The number of benzene rings is 2. The standard InChI is InChI=1S/C20H21ClN4O3/c21-14-5-3-4-12(10-14)19(27)25(23)20(28)18(26)16(22)9-8-13-11-24-17-7-2-1-6-15(13)17/h1-7,10-11,16,18,24,26H,8-9,22-23H2/t16-,18+/m1/s1. The molecule has 6 N–H and O–H groups in total. The minimum atomic E-state index is -1.60. The van der Waals surface area contributed by atoms with E-state index in [1.54, 1.807) is 12.1 Å². The molecule has 0 saturated carbocycles. The van der Waals surface area contributed by atoms with Gasteiger partial charge < -0.3 is 15.8 Å². The molecule has 0 radical (unpaired) electrons. The van der Waals surface area contributed by atoms with Crippen molar-refractivity contribution in [2.45, 2.75) is 25.0 Å². The van der Waals surface area contributed by atoms with Crippen molar-refractivity contribution in [1.29, 1.82) is 0 Å². The van der Waals surface area contributed by atoms with E-state index in [1.165, 1.54) is 12.1 Å². The number of imide groups is 1. The number of aryl methyl sites for hydroxylation is 1. The maximum atomic E-state index is 12.4. The van der Waals surface area contributed by atoms with Gasteiger partial charge in [0, 0.05) is 33.7 Å². The van der Waals surface area contributed by atoms with Crippen LogP contribution < -0.4 is 11.6 Å². The van der Waals surface area contributed by atoms with E-state index in [2.05, 4.69) is 4.98 Å². The van der Waals surface area contributed by atoms with Crippen molar-refractivity contribution in [2.24, 2.45) is 11.6 Å². The maximum absolute atomic E-state index is 12.4. The van der Waals surface area contributed by atoms with Gasteiger partial charge in [-0.3, -0.25) is 9.59 Å². The number of hydrazine groups is 1. The lowest BCUT2D eigenvalue weighted by Gasteiger charge is -2.22. The lowest BCUT2D eigenvalue weighted by Crippen LogP contribution is -2.53. The molecule has 3 aromatic rings. The summed E-state index contributed by atoms with van der Waals surface area (Å²) >= 11 is 5.85. The van der Waals surface area contributed by atoms with E-state index in [1.807, 2.05) is 30.5 Å². The second-order valence-corrected chi connectivity index (χ2v) is 6.97. The molecular weight excluding hydrogens is 380 g/mol. The molecule has 2 amide bonds. The van der Waals surface area contributed by atoms with E-state index in [0.717, 1.165) is 16.5 Å². The number of para-hydroxylation sites is 1. The minimum absolute atomic E-state index is 0.142. The zero-order valence-electron chi connectivity index (χ0n) is 15.0. The molecule has 0 aliphatic carbocycles. The predicted octanol–water partition coefficient (Wildman–Crippen LogP) is 1.98. The first-order valence-corrected chi connectivity index (χ1v) is 9.13. The molecule has 3 rings (SSSR count). The van der Waals surface area contributed by atoms with E-state index in [9.17, 15) is 14.7 Å². The molecule has 0 fully saturated rings. The number of H-pyrrole nitrogens is 1. The van der Waals surface area contributed by atoms with Gasteiger partial charge in [-0.1, -0.05) is 35.9 Å². The third-order valence-electron chi connectivity index (χ3n) is 4.61. The van der Waals surface area contributed by atoms with E-state index < -0.39 is 24.0 Å². The molecule has 0 aliphatic rings. The fourth-order valence-electron chi connectivity index (χ4n) is 3.00. The van der Waals surface area contributed by atoms with Gasteiger partial charge in [0.2, 0.25) is 0 Å². The Labute approximate surface area is 166 Å². The topological polar surface area (TPSA) is 125 Å². The average Bonchev–Trinajstić information content (AvgIpc) is 3.13. The Bertz CT molecular complexity index is 1000. The average molecular weight is 401 g/mol. The van der Waals surface area contributed by atoms with E-state index >= 15 is 0 Å². The number of nitrogens with zero attached hydrogens (tertiary/aromatic N) is 1. The Balaban J connectivity index is 1.62. The van der Waals surface area contributed by atoms with Crippen molar-refractivity contribution in [1.82, 2.24) is 9.99 Å². The number of aromatic nitrogens is 1. The van der Waals surface area contributed by atoms with Crippen molar-refractivity contribution in [3.8, 4) is 0 Å². The zero-order chi connectivity index (χ0) is 20.3. The molecule has 0 spiro atoms. The summed E-state index contributed by atoms with van der Waals surface area (Å²) in [5, 5.41) is 12.0. The van der Waals surface area contributed by atoms with Crippen LogP contribution in [0.25, 0.3) is 10.9 Å². The molecule has 146 valence electrons. The van der Waals surface area contributed by atoms with E-state index in [4.69, 9.17) is 23.2 Å². The summed E-state index contributed by atoms with van der Waals surface area (Å²) in [5.41, 5.74) is 8.16. The van der Waals surface area contributed by atoms with Gasteiger partial charge in [-0.2, -0.15) is 0 Å². The Hall–Kier alpha value is -2.71. The van der Waals surface area contributed by atoms with Crippen LogP contribution in [0.5, 0.6) is 0 Å². The van der Waals surface area contributed by atoms with Crippen molar-refractivity contribution in [3.05, 3.63) is 70.9 Å². The van der Waals surface area contributed by atoms with Crippen LogP contribution in [0.3, 0.4) is 0 Å². The van der Waals surface area contributed by atoms with Crippen LogP contribution in [0.1, 0.15) is 22.3 Å². The van der Waals surface area contributed by atoms with Gasteiger partial charge in [0.05, 0.1) is 0 Å². The number of hydrogen-bond donors (Lipinski definition) is 4. The van der Waals surface area contributed by atoms with E-state index in [-0.39, 0.29) is 5.56 Å². The number of nitrogens with one attached hydrogen (secondary N) is 1. The second kappa shape index (κ2) is 8.53. The van der Waals surface area contributed by atoms with Gasteiger partial charge in [-0.05, 0) is 42.7 Å². The number of carbonyl (C=O) groups excluding carboxylic acids is 2. The molecule has 0 unspecified atom stereocenters. The minimum Gasteiger partial charge on any atom is -0.382 e. The number of aliphatic hydroxyl groups is 1. The molecule has 0 bridgehead atoms. The fourth-order valence-corrected chi connectivity index (χ4v) is 3.20. The van der Waals surface area contributed by atoms with Crippen LogP contribution in [-0.2, 0) is 11.2 Å². The van der Waals surface area contributed by atoms with Gasteiger partial charge in [-0.25, -0.2) is 10.9 Å². The monoisotopic (exact) mass is 400 g/mol.